The lowest BCUT2D eigenvalue weighted by atomic mass is 10.1. The Bertz CT molecular complexity index is 406. The summed E-state index contributed by atoms with van der Waals surface area (Å²) in [6.07, 6.45) is 0.838. The van der Waals surface area contributed by atoms with Crippen LogP contribution >= 0.6 is 0 Å². The molecule has 0 bridgehead atoms. The molecule has 0 spiro atoms. The molecule has 1 saturated heterocycles. The number of likely N-dealkylation sites (tertiary alicyclic amines) is 1. The third kappa shape index (κ3) is 2.02. The topological polar surface area (TPSA) is 66.6 Å². The zero-order valence-corrected chi connectivity index (χ0v) is 9.26. The van der Waals surface area contributed by atoms with Gasteiger partial charge in [0.2, 0.25) is 0 Å². The van der Waals surface area contributed by atoms with Crippen LogP contribution in [0.5, 0.6) is 5.75 Å². The van der Waals surface area contributed by atoms with E-state index in [2.05, 4.69) is 0 Å². The first-order valence-corrected chi connectivity index (χ1v) is 5.43. The Morgan fingerprint density at radius 3 is 2.88 bits per heavy atom. The molecule has 1 fully saturated rings. The van der Waals surface area contributed by atoms with Crippen LogP contribution in [0.3, 0.4) is 0 Å². The van der Waals surface area contributed by atoms with Gasteiger partial charge in [-0.25, -0.2) is 0 Å². The van der Waals surface area contributed by atoms with Crippen LogP contribution in [0, 0.1) is 0 Å². The van der Waals surface area contributed by atoms with Gasteiger partial charge < -0.3 is 15.7 Å². The number of hydrogen-bond donors (Lipinski definition) is 2. The molecule has 0 aliphatic carbocycles. The van der Waals surface area contributed by atoms with Gasteiger partial charge in [0.05, 0.1) is 0 Å². The van der Waals surface area contributed by atoms with Crippen molar-refractivity contribution in [3.8, 4) is 5.75 Å². The Morgan fingerprint density at radius 1 is 1.56 bits per heavy atom. The van der Waals surface area contributed by atoms with E-state index in [-0.39, 0.29) is 23.7 Å². The molecular weight excluding hydrogens is 204 g/mol. The molecule has 1 aromatic rings. The fourth-order valence-electron chi connectivity index (χ4n) is 2.16. The molecule has 0 unspecified atom stereocenters. The Morgan fingerprint density at radius 2 is 2.31 bits per heavy atom. The molecule has 4 heteroatoms. The molecule has 86 valence electrons. The van der Waals surface area contributed by atoms with Gasteiger partial charge in [-0.05, 0) is 31.5 Å². The van der Waals surface area contributed by atoms with Crippen LogP contribution in [0.2, 0.25) is 0 Å². The van der Waals surface area contributed by atoms with Crippen LogP contribution < -0.4 is 5.73 Å². The van der Waals surface area contributed by atoms with Crippen molar-refractivity contribution in [2.45, 2.75) is 25.4 Å². The van der Waals surface area contributed by atoms with Crippen LogP contribution in [-0.2, 0) is 0 Å². The van der Waals surface area contributed by atoms with E-state index < -0.39 is 0 Å². The number of phenols is 1. The first-order chi connectivity index (χ1) is 7.58. The van der Waals surface area contributed by atoms with Crippen molar-refractivity contribution in [3.05, 3.63) is 29.8 Å². The number of rotatable bonds is 1. The van der Waals surface area contributed by atoms with Crippen LogP contribution in [0.4, 0.5) is 0 Å². The maximum Gasteiger partial charge on any atom is 0.254 e. The molecule has 1 aromatic carbocycles. The van der Waals surface area contributed by atoms with Crippen molar-refractivity contribution in [2.24, 2.45) is 5.73 Å². The predicted octanol–water partition coefficient (Wildman–Crippen LogP) is 0.954. The maximum atomic E-state index is 12.1. The molecule has 2 rings (SSSR count). The number of carbonyl (C=O) groups excluding carboxylic acids is 1. The van der Waals surface area contributed by atoms with Gasteiger partial charge in [-0.2, -0.15) is 0 Å². The first kappa shape index (κ1) is 11.0. The average Bonchev–Trinajstić information content (AvgIpc) is 2.57. The Hall–Kier alpha value is -1.55. The summed E-state index contributed by atoms with van der Waals surface area (Å²) in [6, 6.07) is 6.65. The minimum Gasteiger partial charge on any atom is -0.508 e. The summed E-state index contributed by atoms with van der Waals surface area (Å²) in [6.45, 7) is 2.59. The highest BCUT2D eigenvalue weighted by molar-refractivity contribution is 5.95. The number of carbonyl (C=O) groups is 1. The van der Waals surface area contributed by atoms with Gasteiger partial charge in [0.25, 0.3) is 5.91 Å². The van der Waals surface area contributed by atoms with Gasteiger partial charge in [0, 0.05) is 24.2 Å². The van der Waals surface area contributed by atoms with Gasteiger partial charge in [0.1, 0.15) is 5.75 Å². The Balaban J connectivity index is 2.19. The van der Waals surface area contributed by atoms with E-state index in [9.17, 15) is 9.90 Å². The number of benzene rings is 1. The van der Waals surface area contributed by atoms with E-state index >= 15 is 0 Å². The van der Waals surface area contributed by atoms with E-state index in [4.69, 9.17) is 5.73 Å². The number of aromatic hydroxyl groups is 1. The summed E-state index contributed by atoms with van der Waals surface area (Å²) in [5.74, 6) is 0.0540. The molecule has 0 saturated carbocycles. The molecule has 0 aromatic heterocycles. The normalized spacial score (nSPS) is 24.8. The fourth-order valence-corrected chi connectivity index (χ4v) is 2.16. The van der Waals surface area contributed by atoms with Crippen molar-refractivity contribution in [3.63, 3.8) is 0 Å². The number of hydrogen-bond acceptors (Lipinski definition) is 3. The molecule has 3 N–H and O–H groups in total. The highest BCUT2D eigenvalue weighted by atomic mass is 16.3. The minimum atomic E-state index is -0.0589. The molecule has 16 heavy (non-hydrogen) atoms. The van der Waals surface area contributed by atoms with Crippen LogP contribution in [0.15, 0.2) is 24.3 Å². The highest BCUT2D eigenvalue weighted by Crippen LogP contribution is 2.20. The lowest BCUT2D eigenvalue weighted by molar-refractivity contribution is 0.0745. The van der Waals surface area contributed by atoms with Crippen molar-refractivity contribution in [1.29, 1.82) is 0 Å². The summed E-state index contributed by atoms with van der Waals surface area (Å²) < 4.78 is 0. The molecular formula is C12H16N2O2. The van der Waals surface area contributed by atoms with Crippen LogP contribution in [-0.4, -0.2) is 34.5 Å². The van der Waals surface area contributed by atoms with Gasteiger partial charge in [-0.1, -0.05) is 6.07 Å². The lowest BCUT2D eigenvalue weighted by Gasteiger charge is -2.21. The van der Waals surface area contributed by atoms with Crippen molar-refractivity contribution in [2.75, 3.05) is 6.54 Å². The van der Waals surface area contributed by atoms with Crippen molar-refractivity contribution >= 4 is 5.91 Å². The van der Waals surface area contributed by atoms with E-state index in [1.54, 1.807) is 23.1 Å². The van der Waals surface area contributed by atoms with Crippen LogP contribution in [0.25, 0.3) is 0 Å². The monoisotopic (exact) mass is 220 g/mol. The number of phenolic OH excluding ortho intramolecular Hbond substituents is 1. The third-order valence-corrected chi connectivity index (χ3v) is 2.96. The molecule has 2 atom stereocenters. The molecule has 0 radical (unpaired) electrons. The summed E-state index contributed by atoms with van der Waals surface area (Å²) in [7, 11) is 0. The smallest absolute Gasteiger partial charge is 0.254 e. The zero-order chi connectivity index (χ0) is 11.7. The molecule has 1 aliphatic rings. The minimum absolute atomic E-state index is 0.0589. The molecule has 1 amide bonds. The SMILES string of the molecule is C[C@H]1C[C@H](N)CN1C(=O)c1cccc(O)c1. The van der Waals surface area contributed by atoms with E-state index in [0.717, 1.165) is 6.42 Å². The van der Waals surface area contributed by atoms with E-state index in [0.29, 0.717) is 12.1 Å². The van der Waals surface area contributed by atoms with Crippen molar-refractivity contribution in [1.82, 2.24) is 4.90 Å². The second-order valence-corrected chi connectivity index (χ2v) is 4.35. The Kier molecular flexibility index (Phi) is 2.83. The van der Waals surface area contributed by atoms with Gasteiger partial charge in [-0.3, -0.25) is 4.79 Å². The summed E-state index contributed by atoms with van der Waals surface area (Å²) >= 11 is 0. The second kappa shape index (κ2) is 4.14. The first-order valence-electron chi connectivity index (χ1n) is 5.43. The maximum absolute atomic E-state index is 12.1. The quantitative estimate of drug-likeness (QED) is 0.740. The zero-order valence-electron chi connectivity index (χ0n) is 9.26. The van der Waals surface area contributed by atoms with Gasteiger partial charge in [-0.15, -0.1) is 0 Å². The van der Waals surface area contributed by atoms with Gasteiger partial charge >= 0.3 is 0 Å². The third-order valence-electron chi connectivity index (χ3n) is 2.96. The van der Waals surface area contributed by atoms with Gasteiger partial charge in [0.15, 0.2) is 0 Å². The lowest BCUT2D eigenvalue weighted by Crippen LogP contribution is -2.35. The number of amides is 1. The van der Waals surface area contributed by atoms with Crippen molar-refractivity contribution < 1.29 is 9.90 Å². The van der Waals surface area contributed by atoms with E-state index in [1.807, 2.05) is 6.92 Å². The average molecular weight is 220 g/mol. The molecule has 4 nitrogen and oxygen atoms in total. The number of nitrogens with zero attached hydrogens (tertiary/aromatic N) is 1. The second-order valence-electron chi connectivity index (χ2n) is 4.35. The largest absolute Gasteiger partial charge is 0.508 e. The number of nitrogens with two attached hydrogens (primary N) is 1. The molecule has 1 aliphatic heterocycles. The fraction of sp³-hybridized carbons (Fsp3) is 0.417. The summed E-state index contributed by atoms with van der Waals surface area (Å²) in [5, 5.41) is 9.33. The van der Waals surface area contributed by atoms with Crippen LogP contribution in [0.1, 0.15) is 23.7 Å². The summed E-state index contributed by atoms with van der Waals surface area (Å²) in [4.78, 5) is 13.9. The highest BCUT2D eigenvalue weighted by Gasteiger charge is 2.30. The molecule has 1 heterocycles. The Labute approximate surface area is 94.7 Å². The summed E-state index contributed by atoms with van der Waals surface area (Å²) in [5.41, 5.74) is 6.33. The predicted molar refractivity (Wildman–Crippen MR) is 61.2 cm³/mol. The standard InChI is InChI=1S/C12H16N2O2/c1-8-5-10(13)7-14(8)12(16)9-3-2-4-11(15)6-9/h2-4,6,8,10,15H,5,7,13H2,1H3/t8-,10-/m0/s1. The van der Waals surface area contributed by atoms with E-state index in [1.165, 1.54) is 6.07 Å².